The number of rotatable bonds is 7. The fraction of sp³-hybridized carbons (Fsp3) is 0.160. The standard InChI is InChI=1S/C25H20F3N3O3/c26-25(27,28)24(32,12-4-8-18-9-5-13-29-15-18)22-17-30(16-19-6-2-1-3-7-19)23-14-20(31(33)34)10-11-21(22)23/h1-11,13-15,17,32H,12,16H2. The summed E-state index contributed by atoms with van der Waals surface area (Å²) in [4.78, 5) is 14.6. The van der Waals surface area contributed by atoms with E-state index in [9.17, 15) is 28.4 Å². The van der Waals surface area contributed by atoms with Crippen molar-refractivity contribution in [1.29, 1.82) is 0 Å². The molecule has 2 aromatic carbocycles. The van der Waals surface area contributed by atoms with Crippen LogP contribution >= 0.6 is 0 Å². The van der Waals surface area contributed by atoms with Crippen LogP contribution in [0, 0.1) is 10.1 Å². The largest absolute Gasteiger partial charge is 0.421 e. The molecule has 6 nitrogen and oxygen atoms in total. The van der Waals surface area contributed by atoms with E-state index < -0.39 is 23.1 Å². The lowest BCUT2D eigenvalue weighted by molar-refractivity contribution is -0.384. The Balaban J connectivity index is 1.83. The molecule has 0 saturated carbocycles. The minimum absolute atomic E-state index is 0.0936. The van der Waals surface area contributed by atoms with Crippen LogP contribution in [-0.2, 0) is 12.1 Å². The van der Waals surface area contributed by atoms with Crippen molar-refractivity contribution in [1.82, 2.24) is 9.55 Å². The molecule has 0 aliphatic heterocycles. The summed E-state index contributed by atoms with van der Waals surface area (Å²) in [6.45, 7) is 0.179. The molecule has 0 aliphatic carbocycles. The van der Waals surface area contributed by atoms with Crippen LogP contribution in [0.1, 0.15) is 23.1 Å². The summed E-state index contributed by atoms with van der Waals surface area (Å²) in [5, 5.41) is 22.4. The van der Waals surface area contributed by atoms with E-state index in [1.165, 1.54) is 41.2 Å². The van der Waals surface area contributed by atoms with Gasteiger partial charge in [-0.2, -0.15) is 13.2 Å². The topological polar surface area (TPSA) is 81.2 Å². The first kappa shape index (κ1) is 23.2. The second-order valence-electron chi connectivity index (χ2n) is 7.87. The number of fused-ring (bicyclic) bond motifs is 1. The zero-order valence-electron chi connectivity index (χ0n) is 17.8. The van der Waals surface area contributed by atoms with Crippen LogP contribution in [0.15, 0.2) is 85.3 Å². The SMILES string of the molecule is O=[N+]([O-])c1ccc2c(C(O)(CC=Cc3cccnc3)C(F)(F)F)cn(Cc3ccccc3)c2c1. The Bertz CT molecular complexity index is 1340. The number of nitro benzene ring substituents is 1. The summed E-state index contributed by atoms with van der Waals surface area (Å²) in [5.41, 5.74) is -2.21. The Morgan fingerprint density at radius 2 is 1.85 bits per heavy atom. The van der Waals surface area contributed by atoms with Crippen molar-refractivity contribution in [2.45, 2.75) is 24.7 Å². The molecule has 0 radical (unpaired) electrons. The van der Waals surface area contributed by atoms with E-state index >= 15 is 0 Å². The molecule has 0 aliphatic rings. The summed E-state index contributed by atoms with van der Waals surface area (Å²) >= 11 is 0. The van der Waals surface area contributed by atoms with Crippen LogP contribution in [0.3, 0.4) is 0 Å². The van der Waals surface area contributed by atoms with Gasteiger partial charge in [0.15, 0.2) is 5.60 Å². The molecule has 0 spiro atoms. The van der Waals surface area contributed by atoms with Crippen molar-refractivity contribution in [2.24, 2.45) is 0 Å². The molecule has 1 atom stereocenters. The average Bonchev–Trinajstić information content (AvgIpc) is 3.17. The lowest BCUT2D eigenvalue weighted by atomic mass is 9.89. The third kappa shape index (κ3) is 4.55. The van der Waals surface area contributed by atoms with E-state index in [4.69, 9.17) is 0 Å². The van der Waals surface area contributed by atoms with Gasteiger partial charge in [-0.15, -0.1) is 0 Å². The molecule has 174 valence electrons. The first-order chi connectivity index (χ1) is 16.2. The maximum absolute atomic E-state index is 14.3. The molecule has 1 N–H and O–H groups in total. The van der Waals surface area contributed by atoms with Gasteiger partial charge in [-0.3, -0.25) is 15.1 Å². The molecule has 2 heterocycles. The second kappa shape index (κ2) is 9.11. The highest BCUT2D eigenvalue weighted by molar-refractivity contribution is 5.87. The first-order valence-electron chi connectivity index (χ1n) is 10.4. The Labute approximate surface area is 192 Å². The predicted molar refractivity (Wildman–Crippen MR) is 122 cm³/mol. The maximum atomic E-state index is 14.3. The molecule has 1 unspecified atom stereocenters. The molecule has 4 aromatic rings. The van der Waals surface area contributed by atoms with Crippen LogP contribution in [0.2, 0.25) is 0 Å². The molecule has 4 rings (SSSR count). The van der Waals surface area contributed by atoms with E-state index in [-0.39, 0.29) is 28.7 Å². The van der Waals surface area contributed by atoms with Gasteiger partial charge in [0.05, 0.1) is 10.4 Å². The minimum atomic E-state index is -5.00. The maximum Gasteiger partial charge on any atom is 0.421 e. The van der Waals surface area contributed by atoms with Crippen LogP contribution in [0.5, 0.6) is 0 Å². The summed E-state index contributed by atoms with van der Waals surface area (Å²) in [7, 11) is 0. The van der Waals surface area contributed by atoms with Crippen molar-refractivity contribution in [3.05, 3.63) is 112 Å². The third-order valence-corrected chi connectivity index (χ3v) is 5.59. The quantitative estimate of drug-likeness (QED) is 0.273. The van der Waals surface area contributed by atoms with Crippen LogP contribution in [-0.4, -0.2) is 25.8 Å². The van der Waals surface area contributed by atoms with Gasteiger partial charge in [0.2, 0.25) is 0 Å². The average molecular weight is 467 g/mol. The normalized spacial score (nSPS) is 13.9. The van der Waals surface area contributed by atoms with Crippen molar-refractivity contribution in [3.63, 3.8) is 0 Å². The number of nitro groups is 1. The molecule has 0 saturated heterocycles. The summed E-state index contributed by atoms with van der Waals surface area (Å²) in [6, 6.07) is 16.0. The zero-order valence-corrected chi connectivity index (χ0v) is 17.8. The number of non-ortho nitro benzene ring substituents is 1. The number of halogens is 3. The number of benzene rings is 2. The van der Waals surface area contributed by atoms with Crippen molar-refractivity contribution in [2.75, 3.05) is 0 Å². The number of nitrogens with zero attached hydrogens (tertiary/aromatic N) is 3. The van der Waals surface area contributed by atoms with Crippen LogP contribution in [0.25, 0.3) is 17.0 Å². The molecule has 0 fully saturated rings. The molecule has 9 heteroatoms. The van der Waals surface area contributed by atoms with E-state index in [1.54, 1.807) is 42.6 Å². The monoisotopic (exact) mass is 467 g/mol. The molecule has 0 bridgehead atoms. The Morgan fingerprint density at radius 1 is 1.09 bits per heavy atom. The lowest BCUT2D eigenvalue weighted by Crippen LogP contribution is -2.41. The van der Waals surface area contributed by atoms with E-state index in [1.807, 2.05) is 6.07 Å². The van der Waals surface area contributed by atoms with Crippen molar-refractivity contribution >= 4 is 22.7 Å². The van der Waals surface area contributed by atoms with Gasteiger partial charge in [-0.05, 0) is 23.3 Å². The summed E-state index contributed by atoms with van der Waals surface area (Å²) in [5.74, 6) is 0. The highest BCUT2D eigenvalue weighted by Crippen LogP contribution is 2.45. The zero-order chi connectivity index (χ0) is 24.3. The van der Waals surface area contributed by atoms with E-state index in [0.29, 0.717) is 5.56 Å². The van der Waals surface area contributed by atoms with Crippen molar-refractivity contribution < 1.29 is 23.2 Å². The van der Waals surface area contributed by atoms with Gasteiger partial charge in [0.25, 0.3) is 5.69 Å². The summed E-state index contributed by atoms with van der Waals surface area (Å²) < 4.78 is 44.3. The summed E-state index contributed by atoms with van der Waals surface area (Å²) in [6.07, 6.45) is 1.23. The van der Waals surface area contributed by atoms with Gasteiger partial charge in [0.1, 0.15) is 0 Å². The Morgan fingerprint density at radius 3 is 2.50 bits per heavy atom. The second-order valence-corrected chi connectivity index (χ2v) is 7.87. The minimum Gasteiger partial charge on any atom is -0.376 e. The number of aliphatic hydroxyl groups is 1. The fourth-order valence-corrected chi connectivity index (χ4v) is 3.85. The molecular weight excluding hydrogens is 447 g/mol. The molecular formula is C25H20F3N3O3. The van der Waals surface area contributed by atoms with E-state index in [0.717, 1.165) is 11.6 Å². The highest BCUT2D eigenvalue weighted by Gasteiger charge is 2.55. The number of aromatic nitrogens is 2. The number of alkyl halides is 3. The smallest absolute Gasteiger partial charge is 0.376 e. The Hall–Kier alpha value is -3.98. The molecule has 0 amide bonds. The molecule has 34 heavy (non-hydrogen) atoms. The molecule has 2 aromatic heterocycles. The number of hydrogen-bond donors (Lipinski definition) is 1. The highest BCUT2D eigenvalue weighted by atomic mass is 19.4. The lowest BCUT2D eigenvalue weighted by Gasteiger charge is -2.29. The van der Waals surface area contributed by atoms with Crippen molar-refractivity contribution in [3.8, 4) is 0 Å². The van der Waals surface area contributed by atoms with E-state index in [2.05, 4.69) is 4.98 Å². The van der Waals surface area contributed by atoms with Gasteiger partial charge in [-0.25, -0.2) is 0 Å². The van der Waals surface area contributed by atoms with Gasteiger partial charge in [0, 0.05) is 54.6 Å². The van der Waals surface area contributed by atoms with Gasteiger partial charge >= 0.3 is 6.18 Å². The number of hydrogen-bond acceptors (Lipinski definition) is 4. The van der Waals surface area contributed by atoms with Crippen LogP contribution < -0.4 is 0 Å². The number of pyridine rings is 1. The van der Waals surface area contributed by atoms with Gasteiger partial charge in [-0.1, -0.05) is 48.6 Å². The fourth-order valence-electron chi connectivity index (χ4n) is 3.85. The third-order valence-electron chi connectivity index (χ3n) is 5.59. The first-order valence-corrected chi connectivity index (χ1v) is 10.4. The van der Waals surface area contributed by atoms with Gasteiger partial charge < -0.3 is 9.67 Å². The Kier molecular flexibility index (Phi) is 6.21. The van der Waals surface area contributed by atoms with Crippen LogP contribution in [0.4, 0.5) is 18.9 Å². The predicted octanol–water partition coefficient (Wildman–Crippen LogP) is 5.85.